The fourth-order valence-corrected chi connectivity index (χ4v) is 2.45. The van der Waals surface area contributed by atoms with Crippen LogP contribution in [0.5, 0.6) is 5.75 Å². The van der Waals surface area contributed by atoms with Gasteiger partial charge in [0.15, 0.2) is 0 Å². The van der Waals surface area contributed by atoms with Gasteiger partial charge in [-0.2, -0.15) is 0 Å². The molecule has 0 amide bonds. The van der Waals surface area contributed by atoms with E-state index in [1.807, 2.05) is 25.1 Å². The minimum atomic E-state index is -0.930. The van der Waals surface area contributed by atoms with Crippen LogP contribution >= 0.6 is 23.2 Å². The van der Waals surface area contributed by atoms with Gasteiger partial charge in [0, 0.05) is 36.6 Å². The van der Waals surface area contributed by atoms with Crippen LogP contribution in [-0.2, 0) is 4.79 Å². The summed E-state index contributed by atoms with van der Waals surface area (Å²) in [4.78, 5) is 12.7. The predicted molar refractivity (Wildman–Crippen MR) is 90.6 cm³/mol. The monoisotopic (exact) mass is 348 g/mol. The molecule has 1 aromatic rings. The van der Waals surface area contributed by atoms with Crippen LogP contribution in [0.25, 0.3) is 0 Å². The van der Waals surface area contributed by atoms with Gasteiger partial charge in [0.05, 0.1) is 6.42 Å². The standard InChI is InChI=1S/C15H22Cl2N2O3/c1-11-8-13(19(6-4-16)7-5-17)2-3-14(11)22-10-12(18)9-15(20)21/h2-3,8,12H,4-7,9-10,18H2,1H3,(H,20,21). The van der Waals surface area contributed by atoms with Crippen LogP contribution in [0.15, 0.2) is 18.2 Å². The van der Waals surface area contributed by atoms with Crippen molar-refractivity contribution < 1.29 is 14.6 Å². The fraction of sp³-hybridized carbons (Fsp3) is 0.533. The van der Waals surface area contributed by atoms with Crippen molar-refractivity contribution >= 4 is 34.9 Å². The Morgan fingerprint density at radius 3 is 2.50 bits per heavy atom. The summed E-state index contributed by atoms with van der Waals surface area (Å²) in [5.41, 5.74) is 7.67. The Morgan fingerprint density at radius 1 is 1.36 bits per heavy atom. The molecule has 1 unspecified atom stereocenters. The number of benzene rings is 1. The lowest BCUT2D eigenvalue weighted by Gasteiger charge is -2.24. The maximum absolute atomic E-state index is 10.6. The van der Waals surface area contributed by atoms with Crippen LogP contribution < -0.4 is 15.4 Å². The summed E-state index contributed by atoms with van der Waals surface area (Å²) in [5.74, 6) is 0.818. The second kappa shape index (κ2) is 9.77. The molecule has 0 heterocycles. The third-order valence-corrected chi connectivity index (χ3v) is 3.46. The Balaban J connectivity index is 2.70. The third-order valence-electron chi connectivity index (χ3n) is 3.12. The van der Waals surface area contributed by atoms with Crippen molar-refractivity contribution in [2.45, 2.75) is 19.4 Å². The smallest absolute Gasteiger partial charge is 0.305 e. The van der Waals surface area contributed by atoms with Crippen LogP contribution in [0, 0.1) is 6.92 Å². The average Bonchev–Trinajstić information content (AvgIpc) is 2.45. The van der Waals surface area contributed by atoms with Crippen LogP contribution in [-0.4, -0.2) is 48.6 Å². The summed E-state index contributed by atoms with van der Waals surface area (Å²) in [6.45, 7) is 3.54. The highest BCUT2D eigenvalue weighted by Gasteiger charge is 2.11. The van der Waals surface area contributed by atoms with E-state index in [2.05, 4.69) is 4.90 Å². The summed E-state index contributed by atoms with van der Waals surface area (Å²) < 4.78 is 5.60. The molecule has 7 heteroatoms. The molecule has 1 aromatic carbocycles. The number of ether oxygens (including phenoxy) is 1. The van der Waals surface area contributed by atoms with Crippen molar-refractivity contribution in [2.75, 3.05) is 36.4 Å². The maximum Gasteiger partial charge on any atom is 0.305 e. The number of alkyl halides is 2. The zero-order valence-electron chi connectivity index (χ0n) is 12.6. The molecule has 0 aliphatic carbocycles. The second-order valence-electron chi connectivity index (χ2n) is 4.98. The molecule has 0 spiro atoms. The number of carboxylic acid groups (broad SMARTS) is 1. The number of anilines is 1. The van der Waals surface area contributed by atoms with Gasteiger partial charge >= 0.3 is 5.97 Å². The Bertz CT molecular complexity index is 480. The molecular weight excluding hydrogens is 327 g/mol. The normalized spacial score (nSPS) is 12.0. The van der Waals surface area contributed by atoms with E-state index >= 15 is 0 Å². The van der Waals surface area contributed by atoms with Gasteiger partial charge < -0.3 is 20.5 Å². The lowest BCUT2D eigenvalue weighted by Crippen LogP contribution is -2.30. The minimum Gasteiger partial charge on any atom is -0.492 e. The molecule has 0 saturated heterocycles. The first kappa shape index (κ1) is 18.9. The first-order valence-electron chi connectivity index (χ1n) is 7.05. The highest BCUT2D eigenvalue weighted by atomic mass is 35.5. The van der Waals surface area contributed by atoms with Crippen LogP contribution in [0.1, 0.15) is 12.0 Å². The molecule has 0 aliphatic rings. The summed E-state index contributed by atoms with van der Waals surface area (Å²) in [7, 11) is 0. The second-order valence-corrected chi connectivity index (χ2v) is 5.74. The number of nitrogens with zero attached hydrogens (tertiary/aromatic N) is 1. The number of halogens is 2. The molecule has 5 nitrogen and oxygen atoms in total. The highest BCUT2D eigenvalue weighted by molar-refractivity contribution is 6.18. The topological polar surface area (TPSA) is 75.8 Å². The van der Waals surface area contributed by atoms with E-state index in [-0.39, 0.29) is 13.0 Å². The largest absolute Gasteiger partial charge is 0.492 e. The van der Waals surface area contributed by atoms with E-state index in [0.29, 0.717) is 17.5 Å². The summed E-state index contributed by atoms with van der Waals surface area (Å²) >= 11 is 11.6. The van der Waals surface area contributed by atoms with Gasteiger partial charge in [-0.05, 0) is 30.7 Å². The molecule has 0 aliphatic heterocycles. The van der Waals surface area contributed by atoms with Gasteiger partial charge in [0.2, 0.25) is 0 Å². The lowest BCUT2D eigenvalue weighted by atomic mass is 10.1. The van der Waals surface area contributed by atoms with E-state index in [0.717, 1.165) is 24.3 Å². The number of hydrogen-bond acceptors (Lipinski definition) is 4. The van der Waals surface area contributed by atoms with Crippen LogP contribution in [0.2, 0.25) is 0 Å². The van der Waals surface area contributed by atoms with Gasteiger partial charge in [-0.25, -0.2) is 0 Å². The van der Waals surface area contributed by atoms with Crippen molar-refractivity contribution in [1.29, 1.82) is 0 Å². The molecule has 0 radical (unpaired) electrons. The van der Waals surface area contributed by atoms with E-state index < -0.39 is 12.0 Å². The molecule has 0 saturated carbocycles. The van der Waals surface area contributed by atoms with Gasteiger partial charge in [0.1, 0.15) is 12.4 Å². The summed E-state index contributed by atoms with van der Waals surface area (Å²) in [6, 6.07) is 5.26. The van der Waals surface area contributed by atoms with Crippen molar-refractivity contribution in [3.05, 3.63) is 23.8 Å². The summed E-state index contributed by atoms with van der Waals surface area (Å²) in [5, 5.41) is 8.67. The average molecular weight is 349 g/mol. The Morgan fingerprint density at radius 2 is 2.00 bits per heavy atom. The van der Waals surface area contributed by atoms with E-state index in [9.17, 15) is 4.79 Å². The molecular formula is C15H22Cl2N2O3. The number of nitrogens with two attached hydrogens (primary N) is 1. The van der Waals surface area contributed by atoms with Crippen LogP contribution in [0.4, 0.5) is 5.69 Å². The number of rotatable bonds is 10. The molecule has 0 fully saturated rings. The van der Waals surface area contributed by atoms with Gasteiger partial charge in [-0.3, -0.25) is 4.79 Å². The Hall–Kier alpha value is -1.17. The molecule has 0 aromatic heterocycles. The molecule has 22 heavy (non-hydrogen) atoms. The highest BCUT2D eigenvalue weighted by Crippen LogP contribution is 2.24. The van der Waals surface area contributed by atoms with Crippen molar-refractivity contribution in [3.63, 3.8) is 0 Å². The number of aryl methyl sites for hydroxylation is 1. The van der Waals surface area contributed by atoms with Crippen molar-refractivity contribution in [1.82, 2.24) is 0 Å². The molecule has 3 N–H and O–H groups in total. The number of hydrogen-bond donors (Lipinski definition) is 2. The van der Waals surface area contributed by atoms with Gasteiger partial charge in [-0.1, -0.05) is 0 Å². The first-order valence-corrected chi connectivity index (χ1v) is 8.12. The zero-order valence-corrected chi connectivity index (χ0v) is 14.1. The third kappa shape index (κ3) is 6.30. The van der Waals surface area contributed by atoms with E-state index in [1.54, 1.807) is 0 Å². The Kier molecular flexibility index (Phi) is 8.38. The number of aliphatic carboxylic acids is 1. The van der Waals surface area contributed by atoms with Gasteiger partial charge in [0.25, 0.3) is 0 Å². The maximum atomic E-state index is 10.6. The van der Waals surface area contributed by atoms with Crippen molar-refractivity contribution in [2.24, 2.45) is 5.73 Å². The quantitative estimate of drug-likeness (QED) is 0.635. The predicted octanol–water partition coefficient (Wildman–Crippen LogP) is 2.46. The van der Waals surface area contributed by atoms with Crippen LogP contribution in [0.3, 0.4) is 0 Å². The summed E-state index contributed by atoms with van der Waals surface area (Å²) in [6.07, 6.45) is -0.115. The van der Waals surface area contributed by atoms with Gasteiger partial charge in [-0.15, -0.1) is 23.2 Å². The molecule has 0 bridgehead atoms. The SMILES string of the molecule is Cc1cc(N(CCCl)CCCl)ccc1OCC(N)CC(=O)O. The Labute approximate surface area is 140 Å². The van der Waals surface area contributed by atoms with Crippen molar-refractivity contribution in [3.8, 4) is 5.75 Å². The van der Waals surface area contributed by atoms with E-state index in [4.69, 9.17) is 38.8 Å². The fourth-order valence-electron chi connectivity index (χ4n) is 2.05. The van der Waals surface area contributed by atoms with E-state index in [1.165, 1.54) is 0 Å². The number of carboxylic acids is 1. The first-order chi connectivity index (χ1) is 10.5. The molecule has 1 rings (SSSR count). The zero-order chi connectivity index (χ0) is 16.5. The lowest BCUT2D eigenvalue weighted by molar-refractivity contribution is -0.137. The molecule has 1 atom stereocenters. The minimum absolute atomic E-state index is 0.115. The molecule has 124 valence electrons. The number of carbonyl (C=O) groups is 1.